The number of rotatable bonds is 10. The topological polar surface area (TPSA) is 196 Å². The van der Waals surface area contributed by atoms with Gasteiger partial charge >= 0.3 is 11.9 Å². The lowest BCUT2D eigenvalue weighted by molar-refractivity contribution is 0.00275. The van der Waals surface area contributed by atoms with Gasteiger partial charge in [0.2, 0.25) is 0 Å². The van der Waals surface area contributed by atoms with Crippen molar-refractivity contribution in [3.05, 3.63) is 35.4 Å². The Bertz CT molecular complexity index is 521. The van der Waals surface area contributed by atoms with Crippen LogP contribution < -0.4 is 0 Å². The van der Waals surface area contributed by atoms with E-state index in [4.69, 9.17) is 40.9 Å². The number of aliphatic hydroxyl groups is 6. The Morgan fingerprint density at radius 2 is 0.867 bits per heavy atom. The third-order valence-electron chi connectivity index (χ3n) is 4.90. The molecule has 0 aliphatic heterocycles. The highest BCUT2D eigenvalue weighted by molar-refractivity contribution is 6.01. The number of aromatic carboxylic acids is 2. The zero-order valence-corrected chi connectivity index (χ0v) is 17.4. The van der Waals surface area contributed by atoms with Gasteiger partial charge in [-0.2, -0.15) is 0 Å². The van der Waals surface area contributed by atoms with Crippen molar-refractivity contribution >= 4 is 11.9 Å². The van der Waals surface area contributed by atoms with Crippen LogP contribution in [0.4, 0.5) is 0 Å². The summed E-state index contributed by atoms with van der Waals surface area (Å²) in [7, 11) is 0. The van der Waals surface area contributed by atoms with Crippen molar-refractivity contribution in [3.63, 3.8) is 0 Å². The number of benzene rings is 1. The highest BCUT2D eigenvalue weighted by atomic mass is 16.4. The van der Waals surface area contributed by atoms with Crippen molar-refractivity contribution in [2.75, 3.05) is 39.6 Å². The number of hydrogen-bond donors (Lipinski definition) is 8. The summed E-state index contributed by atoms with van der Waals surface area (Å²) in [5, 5.41) is 69.0. The van der Waals surface area contributed by atoms with Crippen LogP contribution in [-0.4, -0.2) is 92.4 Å². The Hall–Kier alpha value is -2.08. The van der Waals surface area contributed by atoms with E-state index in [1.54, 1.807) is 0 Å². The van der Waals surface area contributed by atoms with Gasteiger partial charge in [-0.15, -0.1) is 0 Å². The molecule has 0 aliphatic carbocycles. The van der Waals surface area contributed by atoms with Crippen LogP contribution in [0.3, 0.4) is 0 Å². The number of hydrogen-bond acceptors (Lipinski definition) is 8. The average molecular weight is 434 g/mol. The minimum Gasteiger partial charge on any atom is -0.478 e. The van der Waals surface area contributed by atoms with Crippen molar-refractivity contribution in [1.29, 1.82) is 0 Å². The molecule has 1 aromatic carbocycles. The molecule has 10 heteroatoms. The quantitative estimate of drug-likeness (QED) is 0.244. The normalized spacial score (nSPS) is 10.9. The molecular formula is C20H34O10. The van der Waals surface area contributed by atoms with Gasteiger partial charge in [0.05, 0.1) is 50.8 Å². The summed E-state index contributed by atoms with van der Waals surface area (Å²) in [5.41, 5.74) is -1.71. The second-order valence-electron chi connectivity index (χ2n) is 6.81. The maximum Gasteiger partial charge on any atom is 0.336 e. The van der Waals surface area contributed by atoms with E-state index in [2.05, 4.69) is 0 Å². The van der Waals surface area contributed by atoms with Crippen LogP contribution in [0.1, 0.15) is 47.4 Å². The predicted octanol–water partition coefficient (Wildman–Crippen LogP) is -0.198. The van der Waals surface area contributed by atoms with Crippen LogP contribution >= 0.6 is 0 Å². The van der Waals surface area contributed by atoms with Gasteiger partial charge in [0.15, 0.2) is 0 Å². The molecule has 0 radical (unpaired) electrons. The minimum atomic E-state index is -1.23. The average Bonchev–Trinajstić information content (AvgIpc) is 2.78. The summed E-state index contributed by atoms with van der Waals surface area (Å²) in [6.07, 6.45) is 1.19. The second kappa shape index (κ2) is 15.7. The first-order valence-electron chi connectivity index (χ1n) is 9.32. The molecule has 0 unspecified atom stereocenters. The maximum absolute atomic E-state index is 10.5. The summed E-state index contributed by atoms with van der Waals surface area (Å²) in [5.74, 6) is -2.46. The first kappa shape index (κ1) is 30.1. The summed E-state index contributed by atoms with van der Waals surface area (Å²) in [6, 6.07) is 5.48. The first-order valence-corrected chi connectivity index (χ1v) is 9.32. The van der Waals surface area contributed by atoms with Gasteiger partial charge in [-0.05, 0) is 25.0 Å². The van der Waals surface area contributed by atoms with E-state index in [-0.39, 0.29) is 50.8 Å². The summed E-state index contributed by atoms with van der Waals surface area (Å²) < 4.78 is 0. The fraction of sp³-hybridized carbons (Fsp3) is 0.600. The molecule has 174 valence electrons. The lowest BCUT2D eigenvalue weighted by Crippen LogP contribution is -2.32. The van der Waals surface area contributed by atoms with E-state index >= 15 is 0 Å². The SMILES string of the molecule is CCC(CO)(CO)CO.CCC(CO)(CO)CO.O=C(O)c1ccccc1C(=O)O. The van der Waals surface area contributed by atoms with Crippen molar-refractivity contribution in [1.82, 2.24) is 0 Å². The van der Waals surface area contributed by atoms with Gasteiger partial charge in [0.1, 0.15) is 0 Å². The van der Waals surface area contributed by atoms with Crippen LogP contribution in [0.2, 0.25) is 0 Å². The van der Waals surface area contributed by atoms with Crippen molar-refractivity contribution in [3.8, 4) is 0 Å². The molecule has 0 aromatic heterocycles. The van der Waals surface area contributed by atoms with Gasteiger partial charge in [0.25, 0.3) is 0 Å². The lowest BCUT2D eigenvalue weighted by atomic mass is 9.88. The number of carbonyl (C=O) groups is 2. The molecule has 0 fully saturated rings. The van der Waals surface area contributed by atoms with E-state index < -0.39 is 22.8 Å². The molecule has 0 amide bonds. The Labute approximate surface area is 175 Å². The second-order valence-corrected chi connectivity index (χ2v) is 6.81. The van der Waals surface area contributed by atoms with E-state index in [0.29, 0.717) is 12.8 Å². The van der Waals surface area contributed by atoms with Gasteiger partial charge in [-0.3, -0.25) is 0 Å². The van der Waals surface area contributed by atoms with Crippen LogP contribution in [0.15, 0.2) is 24.3 Å². The summed E-state index contributed by atoms with van der Waals surface area (Å²) >= 11 is 0. The van der Waals surface area contributed by atoms with Crippen LogP contribution in [0, 0.1) is 10.8 Å². The fourth-order valence-electron chi connectivity index (χ4n) is 1.83. The standard InChI is InChI=1S/C8H6O4.2C6H14O3/c9-7(10)5-3-1-2-4-6(5)8(11)12;2*1-2-6(3-7,4-8)5-9/h1-4H,(H,9,10)(H,11,12);2*7-9H,2-5H2,1H3. The highest BCUT2D eigenvalue weighted by Crippen LogP contribution is 2.19. The van der Waals surface area contributed by atoms with Crippen LogP contribution in [0.5, 0.6) is 0 Å². The van der Waals surface area contributed by atoms with Crippen LogP contribution in [-0.2, 0) is 0 Å². The zero-order valence-electron chi connectivity index (χ0n) is 17.4. The molecule has 0 aliphatic rings. The fourth-order valence-corrected chi connectivity index (χ4v) is 1.83. The third-order valence-corrected chi connectivity index (χ3v) is 4.90. The molecule has 1 rings (SSSR count). The van der Waals surface area contributed by atoms with Crippen LogP contribution in [0.25, 0.3) is 0 Å². The molecule has 0 heterocycles. The van der Waals surface area contributed by atoms with E-state index in [0.717, 1.165) is 0 Å². The molecule has 0 saturated carbocycles. The molecule has 0 saturated heterocycles. The summed E-state index contributed by atoms with van der Waals surface area (Å²) in [4.78, 5) is 20.9. The first-order chi connectivity index (χ1) is 14.1. The molecule has 1 aromatic rings. The summed E-state index contributed by atoms with van der Waals surface area (Å²) in [6.45, 7) is 2.71. The minimum absolute atomic E-state index is 0.156. The Morgan fingerprint density at radius 1 is 0.633 bits per heavy atom. The number of carboxylic acids is 2. The van der Waals surface area contributed by atoms with Crippen molar-refractivity contribution in [2.45, 2.75) is 26.7 Å². The predicted molar refractivity (Wildman–Crippen MR) is 108 cm³/mol. The highest BCUT2D eigenvalue weighted by Gasteiger charge is 2.25. The number of carboxylic acid groups (broad SMARTS) is 2. The van der Waals surface area contributed by atoms with Gasteiger partial charge in [-0.1, -0.05) is 26.0 Å². The van der Waals surface area contributed by atoms with E-state index in [1.807, 2.05) is 13.8 Å². The van der Waals surface area contributed by atoms with E-state index in [9.17, 15) is 9.59 Å². The lowest BCUT2D eigenvalue weighted by Gasteiger charge is -2.24. The van der Waals surface area contributed by atoms with Gasteiger partial charge in [0, 0.05) is 10.8 Å². The smallest absolute Gasteiger partial charge is 0.336 e. The van der Waals surface area contributed by atoms with Crippen molar-refractivity contribution in [2.24, 2.45) is 10.8 Å². The zero-order chi connectivity index (χ0) is 23.8. The Balaban J connectivity index is 0. The monoisotopic (exact) mass is 434 g/mol. The Kier molecular flexibility index (Phi) is 15.8. The van der Waals surface area contributed by atoms with Crippen molar-refractivity contribution < 1.29 is 50.4 Å². The molecule has 10 nitrogen and oxygen atoms in total. The molecule has 0 bridgehead atoms. The van der Waals surface area contributed by atoms with Gasteiger partial charge in [-0.25, -0.2) is 9.59 Å². The Morgan fingerprint density at radius 3 is 0.967 bits per heavy atom. The maximum atomic E-state index is 10.5. The molecule has 8 N–H and O–H groups in total. The molecule has 0 atom stereocenters. The molecule has 30 heavy (non-hydrogen) atoms. The third kappa shape index (κ3) is 9.61. The molecule has 0 spiro atoms. The van der Waals surface area contributed by atoms with Gasteiger partial charge < -0.3 is 40.9 Å². The van der Waals surface area contributed by atoms with E-state index in [1.165, 1.54) is 24.3 Å². The largest absolute Gasteiger partial charge is 0.478 e. The molecular weight excluding hydrogens is 400 g/mol. The number of aliphatic hydroxyl groups excluding tert-OH is 6.